The molecule has 1 amide bonds. The van der Waals surface area contributed by atoms with Gasteiger partial charge in [0.2, 0.25) is 0 Å². The number of nitrogens with zero attached hydrogens (tertiary/aromatic N) is 4. The van der Waals surface area contributed by atoms with Gasteiger partial charge in [-0.15, -0.1) is 0 Å². The molecule has 1 N–H and O–H groups in total. The average molecular weight is 329 g/mol. The molecule has 2 aromatic heterocycles. The van der Waals surface area contributed by atoms with Crippen molar-refractivity contribution in [2.75, 3.05) is 33.2 Å². The summed E-state index contributed by atoms with van der Waals surface area (Å²) >= 11 is 0. The van der Waals surface area contributed by atoms with E-state index in [1.807, 2.05) is 24.2 Å². The minimum Gasteiger partial charge on any atom is -0.459 e. The van der Waals surface area contributed by atoms with Gasteiger partial charge in [0.05, 0.1) is 12.8 Å². The van der Waals surface area contributed by atoms with Gasteiger partial charge >= 0.3 is 0 Å². The largest absolute Gasteiger partial charge is 0.459 e. The minimum atomic E-state index is -0.0496. The summed E-state index contributed by atoms with van der Waals surface area (Å²) in [7, 11) is 3.81. The standard InChI is InChI=1S/C17H23N5O2/c1-18-17(19-13-14-5-3-7-20(14)2)22-10-8-21(9-11-22)16(23)15-6-4-12-24-15/h3-7,12H,8-11,13H2,1-2H3,(H,18,19). The lowest BCUT2D eigenvalue weighted by Crippen LogP contribution is -2.53. The molecule has 128 valence electrons. The summed E-state index contributed by atoms with van der Waals surface area (Å²) in [4.78, 5) is 20.6. The number of hydrogen-bond donors (Lipinski definition) is 1. The molecule has 1 aliphatic heterocycles. The maximum atomic E-state index is 12.3. The molecule has 0 aromatic carbocycles. The zero-order valence-corrected chi connectivity index (χ0v) is 14.1. The molecule has 1 aliphatic rings. The Kier molecular flexibility index (Phi) is 4.88. The van der Waals surface area contributed by atoms with E-state index in [-0.39, 0.29) is 5.91 Å². The van der Waals surface area contributed by atoms with Crippen LogP contribution in [0.15, 0.2) is 46.1 Å². The summed E-state index contributed by atoms with van der Waals surface area (Å²) in [5.41, 5.74) is 1.20. The van der Waals surface area contributed by atoms with E-state index in [0.29, 0.717) is 18.8 Å². The van der Waals surface area contributed by atoms with E-state index in [1.54, 1.807) is 19.2 Å². The number of piperazine rings is 1. The van der Waals surface area contributed by atoms with Crippen LogP contribution in [0.4, 0.5) is 0 Å². The Balaban J connectivity index is 1.53. The van der Waals surface area contributed by atoms with Crippen LogP contribution in [0.3, 0.4) is 0 Å². The van der Waals surface area contributed by atoms with Crippen LogP contribution >= 0.6 is 0 Å². The fraction of sp³-hybridized carbons (Fsp3) is 0.412. The quantitative estimate of drug-likeness (QED) is 0.678. The van der Waals surface area contributed by atoms with Crippen molar-refractivity contribution in [3.63, 3.8) is 0 Å². The molecule has 24 heavy (non-hydrogen) atoms. The molecule has 3 rings (SSSR count). The smallest absolute Gasteiger partial charge is 0.289 e. The number of guanidine groups is 1. The zero-order valence-electron chi connectivity index (χ0n) is 14.1. The van der Waals surface area contributed by atoms with Gasteiger partial charge in [0.15, 0.2) is 11.7 Å². The van der Waals surface area contributed by atoms with Crippen LogP contribution in [0, 0.1) is 0 Å². The topological polar surface area (TPSA) is 66.0 Å². The zero-order chi connectivity index (χ0) is 16.9. The van der Waals surface area contributed by atoms with Gasteiger partial charge < -0.3 is 24.1 Å². The predicted molar refractivity (Wildman–Crippen MR) is 91.8 cm³/mol. The normalized spacial score (nSPS) is 15.7. The molecule has 7 heteroatoms. The Morgan fingerprint density at radius 2 is 1.96 bits per heavy atom. The maximum Gasteiger partial charge on any atom is 0.289 e. The Bertz CT molecular complexity index is 696. The minimum absolute atomic E-state index is 0.0496. The van der Waals surface area contributed by atoms with Gasteiger partial charge in [0, 0.05) is 52.2 Å². The second-order valence-corrected chi connectivity index (χ2v) is 5.77. The van der Waals surface area contributed by atoms with E-state index < -0.39 is 0 Å². The van der Waals surface area contributed by atoms with Gasteiger partial charge in [-0.2, -0.15) is 0 Å². The van der Waals surface area contributed by atoms with Crippen LogP contribution in [0.2, 0.25) is 0 Å². The maximum absolute atomic E-state index is 12.3. The Labute approximate surface area is 141 Å². The van der Waals surface area contributed by atoms with Crippen LogP contribution in [0.25, 0.3) is 0 Å². The lowest BCUT2D eigenvalue weighted by molar-refractivity contribution is 0.0657. The molecule has 2 aromatic rings. The lowest BCUT2D eigenvalue weighted by atomic mass is 10.3. The first-order chi connectivity index (χ1) is 11.7. The van der Waals surface area contributed by atoms with Crippen LogP contribution in [-0.4, -0.2) is 59.5 Å². The second kappa shape index (κ2) is 7.25. The van der Waals surface area contributed by atoms with Crippen LogP contribution < -0.4 is 5.32 Å². The number of rotatable bonds is 3. The third-order valence-corrected chi connectivity index (χ3v) is 4.29. The Morgan fingerprint density at radius 1 is 1.21 bits per heavy atom. The molecule has 7 nitrogen and oxygen atoms in total. The first-order valence-electron chi connectivity index (χ1n) is 8.07. The predicted octanol–water partition coefficient (Wildman–Crippen LogP) is 1.15. The van der Waals surface area contributed by atoms with Gasteiger partial charge in [-0.3, -0.25) is 9.79 Å². The summed E-state index contributed by atoms with van der Waals surface area (Å²) in [6, 6.07) is 7.55. The molecule has 1 saturated heterocycles. The Morgan fingerprint density at radius 3 is 2.54 bits per heavy atom. The molecule has 1 fully saturated rings. The van der Waals surface area contributed by atoms with Gasteiger partial charge in [-0.1, -0.05) is 0 Å². The van der Waals surface area contributed by atoms with Crippen LogP contribution in [-0.2, 0) is 13.6 Å². The van der Waals surface area contributed by atoms with E-state index >= 15 is 0 Å². The highest BCUT2D eigenvalue weighted by Crippen LogP contribution is 2.10. The molecule has 0 aliphatic carbocycles. The van der Waals surface area contributed by atoms with Crippen molar-refractivity contribution in [1.29, 1.82) is 0 Å². The van der Waals surface area contributed by atoms with Crippen LogP contribution in [0.1, 0.15) is 16.2 Å². The number of carbonyl (C=O) groups is 1. The van der Waals surface area contributed by atoms with Gasteiger partial charge in [0.1, 0.15) is 0 Å². The molecule has 0 saturated carbocycles. The van der Waals surface area contributed by atoms with Gasteiger partial charge in [-0.05, 0) is 24.3 Å². The van der Waals surface area contributed by atoms with Crippen molar-refractivity contribution in [3.05, 3.63) is 48.2 Å². The van der Waals surface area contributed by atoms with Crippen molar-refractivity contribution < 1.29 is 9.21 Å². The van der Waals surface area contributed by atoms with Gasteiger partial charge in [0.25, 0.3) is 5.91 Å². The summed E-state index contributed by atoms with van der Waals surface area (Å²) < 4.78 is 7.28. The van der Waals surface area contributed by atoms with Crippen molar-refractivity contribution >= 4 is 11.9 Å². The average Bonchev–Trinajstić information content (AvgIpc) is 3.27. The SMILES string of the molecule is CN=C(NCc1cccn1C)N1CCN(C(=O)c2ccco2)CC1. The highest BCUT2D eigenvalue weighted by Gasteiger charge is 2.25. The molecule has 0 unspecified atom stereocenters. The van der Waals surface area contributed by atoms with E-state index in [2.05, 4.69) is 25.8 Å². The van der Waals surface area contributed by atoms with E-state index in [9.17, 15) is 4.79 Å². The number of aromatic nitrogens is 1. The number of aryl methyl sites for hydroxylation is 1. The number of furan rings is 1. The third kappa shape index (κ3) is 3.45. The third-order valence-electron chi connectivity index (χ3n) is 4.29. The fourth-order valence-corrected chi connectivity index (χ4v) is 2.86. The van der Waals surface area contributed by atoms with Gasteiger partial charge in [-0.25, -0.2) is 0 Å². The molecular weight excluding hydrogens is 306 g/mol. The van der Waals surface area contributed by atoms with E-state index in [0.717, 1.165) is 25.6 Å². The van der Waals surface area contributed by atoms with E-state index in [4.69, 9.17) is 4.42 Å². The first-order valence-corrected chi connectivity index (χ1v) is 8.07. The Hall–Kier alpha value is -2.70. The van der Waals surface area contributed by atoms with Crippen molar-refractivity contribution in [3.8, 4) is 0 Å². The molecule has 3 heterocycles. The molecule has 0 bridgehead atoms. The highest BCUT2D eigenvalue weighted by molar-refractivity contribution is 5.91. The number of aliphatic imine (C=N–C) groups is 1. The lowest BCUT2D eigenvalue weighted by Gasteiger charge is -2.36. The summed E-state index contributed by atoms with van der Waals surface area (Å²) in [6.07, 6.45) is 3.55. The number of amides is 1. The van der Waals surface area contributed by atoms with Crippen molar-refractivity contribution in [1.82, 2.24) is 19.7 Å². The second-order valence-electron chi connectivity index (χ2n) is 5.77. The van der Waals surface area contributed by atoms with Crippen LogP contribution in [0.5, 0.6) is 0 Å². The number of nitrogens with one attached hydrogen (secondary N) is 1. The highest BCUT2D eigenvalue weighted by atomic mass is 16.3. The summed E-state index contributed by atoms with van der Waals surface area (Å²) in [5, 5.41) is 3.39. The first kappa shape index (κ1) is 16.2. The monoisotopic (exact) mass is 329 g/mol. The fourth-order valence-electron chi connectivity index (χ4n) is 2.86. The summed E-state index contributed by atoms with van der Waals surface area (Å²) in [5.74, 6) is 1.21. The van der Waals surface area contributed by atoms with Crippen molar-refractivity contribution in [2.24, 2.45) is 12.0 Å². The molecule has 0 spiro atoms. The molecule has 0 atom stereocenters. The summed E-state index contributed by atoms with van der Waals surface area (Å²) in [6.45, 7) is 3.54. The molecule has 0 radical (unpaired) electrons. The molecular formula is C17H23N5O2. The van der Waals surface area contributed by atoms with Crippen molar-refractivity contribution in [2.45, 2.75) is 6.54 Å². The van der Waals surface area contributed by atoms with E-state index in [1.165, 1.54) is 12.0 Å². The number of hydrogen-bond acceptors (Lipinski definition) is 3. The number of carbonyl (C=O) groups excluding carboxylic acids is 1.